The zero-order valence-corrected chi connectivity index (χ0v) is 21.0. The number of benzene rings is 1. The van der Waals surface area contributed by atoms with Gasteiger partial charge in [0.15, 0.2) is 6.61 Å². The summed E-state index contributed by atoms with van der Waals surface area (Å²) in [4.78, 5) is 20.5. The summed E-state index contributed by atoms with van der Waals surface area (Å²) >= 11 is 6.29. The van der Waals surface area contributed by atoms with Gasteiger partial charge in [-0.15, -0.1) is 5.10 Å². The van der Waals surface area contributed by atoms with Gasteiger partial charge in [0, 0.05) is 43.1 Å². The van der Waals surface area contributed by atoms with Crippen LogP contribution in [0.1, 0.15) is 44.0 Å². The first kappa shape index (κ1) is 26.0. The molecule has 0 N–H and O–H groups in total. The number of alkyl halides is 2. The molecule has 4 rings (SSSR count). The molecule has 1 aliphatic heterocycles. The van der Waals surface area contributed by atoms with Crippen LogP contribution in [0.2, 0.25) is 5.02 Å². The van der Waals surface area contributed by atoms with E-state index in [1.54, 1.807) is 28.8 Å². The molecule has 0 bridgehead atoms. The van der Waals surface area contributed by atoms with Gasteiger partial charge in [0.25, 0.3) is 6.43 Å². The number of halogens is 3. The third-order valence-electron chi connectivity index (χ3n) is 6.42. The number of ether oxygens (including phenoxy) is 1. The lowest BCUT2D eigenvalue weighted by Gasteiger charge is -2.35. The number of fused-ring (bicyclic) bond motifs is 1. The highest BCUT2D eigenvalue weighted by molar-refractivity contribution is 6.31. The van der Waals surface area contributed by atoms with E-state index in [-0.39, 0.29) is 24.2 Å². The molecule has 1 saturated heterocycles. The minimum atomic E-state index is -2.65. The standard InChI is InChI=1S/C25H29ClF2N6O2/c1-16(2)32-10-8-20(9-11-32)34-21-7-5-18(26)12-22(21)33(25(34)35)14-19-6-4-17(13-30-19)24(31-29-3)36-15-23(27)28/h4-7,12-13,16,20,23H,3,8-11,14-15H2,1-2H3/b31-24-. The maximum absolute atomic E-state index is 13.6. The fourth-order valence-corrected chi connectivity index (χ4v) is 4.77. The molecule has 2 aromatic heterocycles. The molecule has 1 aromatic carbocycles. The Balaban J connectivity index is 1.63. The van der Waals surface area contributed by atoms with E-state index in [1.165, 1.54) is 6.20 Å². The van der Waals surface area contributed by atoms with E-state index in [4.69, 9.17) is 16.3 Å². The van der Waals surface area contributed by atoms with E-state index in [1.807, 2.05) is 10.6 Å². The number of nitrogens with zero attached hydrogens (tertiary/aromatic N) is 6. The molecule has 3 heterocycles. The minimum absolute atomic E-state index is 0.0994. The number of hydrogen-bond acceptors (Lipinski definition) is 6. The van der Waals surface area contributed by atoms with Crippen molar-refractivity contribution >= 4 is 35.2 Å². The Morgan fingerprint density at radius 1 is 1.22 bits per heavy atom. The summed E-state index contributed by atoms with van der Waals surface area (Å²) in [5.41, 5.74) is 2.45. The van der Waals surface area contributed by atoms with E-state index in [9.17, 15) is 13.6 Å². The van der Waals surface area contributed by atoms with Crippen LogP contribution in [-0.4, -0.2) is 63.8 Å². The molecule has 0 atom stereocenters. The molecule has 8 nitrogen and oxygen atoms in total. The average molecular weight is 519 g/mol. The molecule has 0 unspecified atom stereocenters. The van der Waals surface area contributed by atoms with E-state index in [0.717, 1.165) is 37.0 Å². The van der Waals surface area contributed by atoms with Crippen molar-refractivity contribution in [3.05, 3.63) is 63.3 Å². The summed E-state index contributed by atoms with van der Waals surface area (Å²) in [6.07, 6.45) is 0.583. The van der Waals surface area contributed by atoms with E-state index in [0.29, 0.717) is 22.3 Å². The predicted molar refractivity (Wildman–Crippen MR) is 138 cm³/mol. The Kier molecular flexibility index (Phi) is 8.15. The molecular weight excluding hydrogens is 490 g/mol. The first-order valence-corrected chi connectivity index (χ1v) is 12.2. The number of aromatic nitrogens is 3. The molecule has 0 amide bonds. The second-order valence-electron chi connectivity index (χ2n) is 9.02. The smallest absolute Gasteiger partial charge is 0.329 e. The SMILES string of the molecule is C=N/N=C(\OCC(F)F)c1ccc(Cn2c(=O)n(C3CCN(C(C)C)CC3)c3ccc(Cl)cc32)nc1. The van der Waals surface area contributed by atoms with E-state index >= 15 is 0 Å². The van der Waals surface area contributed by atoms with Crippen LogP contribution >= 0.6 is 11.6 Å². The monoisotopic (exact) mass is 518 g/mol. The van der Waals surface area contributed by atoms with Gasteiger partial charge in [-0.25, -0.2) is 13.6 Å². The largest absolute Gasteiger partial charge is 0.470 e. The van der Waals surface area contributed by atoms with Crippen molar-refractivity contribution in [2.75, 3.05) is 19.7 Å². The molecule has 0 aliphatic carbocycles. The van der Waals surface area contributed by atoms with Crippen molar-refractivity contribution in [2.45, 2.75) is 51.7 Å². The van der Waals surface area contributed by atoms with Crippen molar-refractivity contribution < 1.29 is 13.5 Å². The first-order chi connectivity index (χ1) is 17.3. The van der Waals surface area contributed by atoms with Gasteiger partial charge in [-0.3, -0.25) is 14.1 Å². The fraction of sp³-hybridized carbons (Fsp3) is 0.440. The Morgan fingerprint density at radius 2 is 1.97 bits per heavy atom. The summed E-state index contributed by atoms with van der Waals surface area (Å²) in [7, 11) is 0. The van der Waals surface area contributed by atoms with Gasteiger partial charge in [0.2, 0.25) is 5.90 Å². The highest BCUT2D eigenvalue weighted by atomic mass is 35.5. The second kappa shape index (κ2) is 11.3. The van der Waals surface area contributed by atoms with Gasteiger partial charge >= 0.3 is 5.69 Å². The van der Waals surface area contributed by atoms with Crippen molar-refractivity contribution in [2.24, 2.45) is 10.2 Å². The highest BCUT2D eigenvalue weighted by Gasteiger charge is 2.26. The number of rotatable bonds is 8. The Hall–Kier alpha value is -3.11. The van der Waals surface area contributed by atoms with Crippen molar-refractivity contribution in [1.82, 2.24) is 19.0 Å². The molecule has 1 fully saturated rings. The summed E-state index contributed by atoms with van der Waals surface area (Å²) in [5.74, 6) is -0.0994. The fourth-order valence-electron chi connectivity index (χ4n) is 4.60. The van der Waals surface area contributed by atoms with E-state index < -0.39 is 13.0 Å². The van der Waals surface area contributed by atoms with Gasteiger partial charge in [-0.2, -0.15) is 5.10 Å². The lowest BCUT2D eigenvalue weighted by molar-refractivity contribution is 0.0765. The molecule has 192 valence electrons. The third-order valence-corrected chi connectivity index (χ3v) is 6.65. The molecule has 0 spiro atoms. The zero-order chi connectivity index (χ0) is 25.8. The van der Waals surface area contributed by atoms with Gasteiger partial charge in [0.1, 0.15) is 0 Å². The van der Waals surface area contributed by atoms with Gasteiger partial charge in [-0.1, -0.05) is 11.6 Å². The number of hydrogen-bond donors (Lipinski definition) is 0. The Morgan fingerprint density at radius 3 is 2.58 bits per heavy atom. The van der Waals surface area contributed by atoms with Crippen LogP contribution in [0, 0.1) is 0 Å². The molecule has 3 aromatic rings. The van der Waals surface area contributed by atoms with Gasteiger partial charge in [0.05, 0.1) is 28.8 Å². The van der Waals surface area contributed by atoms with Crippen LogP contribution in [0.15, 0.2) is 51.5 Å². The molecule has 11 heteroatoms. The summed E-state index contributed by atoms with van der Waals surface area (Å²) in [6.45, 7) is 8.90. The predicted octanol–water partition coefficient (Wildman–Crippen LogP) is 4.59. The quantitative estimate of drug-likeness (QED) is 0.248. The van der Waals surface area contributed by atoms with Gasteiger partial charge in [-0.05, 0) is 57.0 Å². The van der Waals surface area contributed by atoms with Crippen molar-refractivity contribution in [1.29, 1.82) is 0 Å². The lowest BCUT2D eigenvalue weighted by Crippen LogP contribution is -2.41. The highest BCUT2D eigenvalue weighted by Crippen LogP contribution is 2.28. The molecule has 1 aliphatic rings. The second-order valence-corrected chi connectivity index (χ2v) is 9.46. The minimum Gasteiger partial charge on any atom is -0.470 e. The molecular formula is C25H29ClF2N6O2. The summed E-state index contributed by atoms with van der Waals surface area (Å²) < 4.78 is 33.7. The Bertz CT molecular complexity index is 1290. The number of likely N-dealkylation sites (tertiary alicyclic amines) is 1. The summed E-state index contributed by atoms with van der Waals surface area (Å²) in [5, 5.41) is 7.59. The third kappa shape index (κ3) is 5.65. The number of imidazole rings is 1. The van der Waals surface area contributed by atoms with Crippen LogP contribution < -0.4 is 5.69 Å². The van der Waals surface area contributed by atoms with E-state index in [2.05, 4.69) is 40.7 Å². The maximum atomic E-state index is 13.6. The maximum Gasteiger partial charge on any atom is 0.329 e. The normalized spacial score (nSPS) is 15.8. The Labute approximate surface area is 212 Å². The molecule has 0 saturated carbocycles. The van der Waals surface area contributed by atoms with Crippen LogP contribution in [0.25, 0.3) is 11.0 Å². The number of pyridine rings is 1. The van der Waals surface area contributed by atoms with Crippen LogP contribution in [0.5, 0.6) is 0 Å². The first-order valence-electron chi connectivity index (χ1n) is 11.8. The van der Waals surface area contributed by atoms with Crippen molar-refractivity contribution in [3.63, 3.8) is 0 Å². The van der Waals surface area contributed by atoms with Crippen LogP contribution in [0.4, 0.5) is 8.78 Å². The zero-order valence-electron chi connectivity index (χ0n) is 20.3. The lowest BCUT2D eigenvalue weighted by atomic mass is 10.0. The topological polar surface area (TPSA) is 77.0 Å². The summed E-state index contributed by atoms with van der Waals surface area (Å²) in [6, 6.07) is 9.40. The molecule has 0 radical (unpaired) electrons. The van der Waals surface area contributed by atoms with Crippen LogP contribution in [0.3, 0.4) is 0 Å². The van der Waals surface area contributed by atoms with Crippen molar-refractivity contribution in [3.8, 4) is 0 Å². The molecule has 36 heavy (non-hydrogen) atoms. The van der Waals surface area contributed by atoms with Crippen LogP contribution in [-0.2, 0) is 11.3 Å². The van der Waals surface area contributed by atoms with Gasteiger partial charge < -0.3 is 9.64 Å². The average Bonchev–Trinajstić information content (AvgIpc) is 3.12. The number of piperidine rings is 1.